The Morgan fingerprint density at radius 1 is 1.22 bits per heavy atom. The normalized spacial score (nSPS) is 14.5. The highest BCUT2D eigenvalue weighted by Crippen LogP contribution is 2.40. The van der Waals surface area contributed by atoms with E-state index in [4.69, 9.17) is 14.6 Å². The summed E-state index contributed by atoms with van der Waals surface area (Å²) < 4.78 is 12.7. The number of nitrogens with one attached hydrogen (secondary N) is 1. The zero-order chi connectivity index (χ0) is 22.8. The third-order valence-corrected chi connectivity index (χ3v) is 5.97. The van der Waals surface area contributed by atoms with Crippen LogP contribution in [0.4, 0.5) is 5.69 Å². The highest BCUT2D eigenvalue weighted by molar-refractivity contribution is 7.98. The van der Waals surface area contributed by atoms with Crippen molar-refractivity contribution in [3.63, 3.8) is 0 Å². The summed E-state index contributed by atoms with van der Waals surface area (Å²) in [6.45, 7) is 1.96. The van der Waals surface area contributed by atoms with Crippen molar-refractivity contribution in [3.05, 3.63) is 58.4 Å². The largest absolute Gasteiger partial charge is 0.497 e. The lowest BCUT2D eigenvalue weighted by atomic mass is 10.00. The van der Waals surface area contributed by atoms with Crippen LogP contribution in [0.2, 0.25) is 0 Å². The molecule has 8 nitrogen and oxygen atoms in total. The second-order valence-corrected chi connectivity index (χ2v) is 8.06. The van der Waals surface area contributed by atoms with E-state index in [2.05, 4.69) is 4.98 Å². The van der Waals surface area contributed by atoms with Gasteiger partial charge in [-0.2, -0.15) is 0 Å². The molecule has 1 N–H and O–H groups in total. The maximum Gasteiger partial charge on any atom is 0.325 e. The van der Waals surface area contributed by atoms with Gasteiger partial charge < -0.3 is 9.47 Å². The molecule has 0 fully saturated rings. The molecule has 3 aromatic rings. The number of para-hydroxylation sites is 1. The third-order valence-electron chi connectivity index (χ3n) is 5.40. The van der Waals surface area contributed by atoms with Gasteiger partial charge in [0.1, 0.15) is 11.5 Å². The van der Waals surface area contributed by atoms with Crippen molar-refractivity contribution in [2.24, 2.45) is 0 Å². The molecule has 0 bridgehead atoms. The highest BCUT2D eigenvalue weighted by atomic mass is 32.2. The zero-order valence-electron chi connectivity index (χ0n) is 18.4. The van der Waals surface area contributed by atoms with Crippen molar-refractivity contribution in [3.8, 4) is 22.8 Å². The Kier molecular flexibility index (Phi) is 6.18. The lowest BCUT2D eigenvalue weighted by Crippen LogP contribution is -2.61. The number of aromatic amines is 1. The lowest BCUT2D eigenvalue weighted by molar-refractivity contribution is -0.763. The predicted molar refractivity (Wildman–Crippen MR) is 122 cm³/mol. The van der Waals surface area contributed by atoms with Crippen molar-refractivity contribution in [2.45, 2.75) is 31.1 Å². The van der Waals surface area contributed by atoms with E-state index in [9.17, 15) is 9.59 Å². The molecule has 9 heteroatoms. The van der Waals surface area contributed by atoms with E-state index in [1.165, 1.54) is 11.8 Å². The Hall–Kier alpha value is -3.33. The number of ether oxygens (including phenoxy) is 2. The SMILES string of the molecule is CCCC(=O)N1c2ccccc2-c2c(=O)[nH]c(SC)n[n+]2[C@H]1c1ccc(OC)cc1OC. The zero-order valence-corrected chi connectivity index (χ0v) is 19.2. The number of rotatable bonds is 6. The summed E-state index contributed by atoms with van der Waals surface area (Å²) >= 11 is 1.33. The fourth-order valence-electron chi connectivity index (χ4n) is 3.98. The lowest BCUT2D eigenvalue weighted by Gasteiger charge is -2.32. The Labute approximate surface area is 190 Å². The summed E-state index contributed by atoms with van der Waals surface area (Å²) in [6.07, 6.45) is 2.19. The number of anilines is 1. The van der Waals surface area contributed by atoms with E-state index in [1.807, 2.05) is 49.6 Å². The van der Waals surface area contributed by atoms with Crippen molar-refractivity contribution in [1.82, 2.24) is 10.1 Å². The van der Waals surface area contributed by atoms with Gasteiger partial charge in [0, 0.05) is 17.6 Å². The van der Waals surface area contributed by atoms with Crippen LogP contribution in [0.25, 0.3) is 11.3 Å². The average molecular weight is 454 g/mol. The quantitative estimate of drug-likeness (QED) is 0.456. The van der Waals surface area contributed by atoms with Gasteiger partial charge in [-0.05, 0) is 41.6 Å². The Morgan fingerprint density at radius 3 is 2.69 bits per heavy atom. The molecule has 1 aliphatic rings. The molecular weight excluding hydrogens is 428 g/mol. The molecule has 0 saturated heterocycles. The van der Waals surface area contributed by atoms with Crippen LogP contribution >= 0.6 is 11.8 Å². The van der Waals surface area contributed by atoms with Gasteiger partial charge in [0.2, 0.25) is 11.1 Å². The molecule has 166 valence electrons. The van der Waals surface area contributed by atoms with Gasteiger partial charge >= 0.3 is 11.3 Å². The van der Waals surface area contributed by atoms with Gasteiger partial charge in [0.05, 0.1) is 31.0 Å². The predicted octanol–water partition coefficient (Wildman–Crippen LogP) is 3.16. The molecule has 1 aromatic heterocycles. The number of nitrogens with zero attached hydrogens (tertiary/aromatic N) is 3. The summed E-state index contributed by atoms with van der Waals surface area (Å²) in [5, 5.41) is 5.16. The minimum Gasteiger partial charge on any atom is -0.497 e. The molecule has 1 atom stereocenters. The molecule has 0 saturated carbocycles. The van der Waals surface area contributed by atoms with Gasteiger partial charge in [-0.15, -0.1) is 0 Å². The van der Waals surface area contributed by atoms with Crippen LogP contribution in [-0.4, -0.2) is 36.5 Å². The van der Waals surface area contributed by atoms with E-state index in [-0.39, 0.29) is 11.5 Å². The molecule has 0 radical (unpaired) electrons. The number of hydrogen-bond acceptors (Lipinski definition) is 6. The molecule has 0 unspecified atom stereocenters. The van der Waals surface area contributed by atoms with Crippen LogP contribution < -0.4 is 24.6 Å². The number of carbonyl (C=O) groups is 1. The fourth-order valence-corrected chi connectivity index (χ4v) is 4.34. The first kappa shape index (κ1) is 21.9. The first-order chi connectivity index (χ1) is 15.5. The van der Waals surface area contributed by atoms with E-state index in [0.29, 0.717) is 52.0 Å². The van der Waals surface area contributed by atoms with E-state index < -0.39 is 6.17 Å². The summed E-state index contributed by atoms with van der Waals surface area (Å²) in [4.78, 5) is 31.2. The monoisotopic (exact) mass is 453 g/mol. The average Bonchev–Trinajstić information content (AvgIpc) is 2.82. The van der Waals surface area contributed by atoms with Gasteiger partial charge in [0.15, 0.2) is 0 Å². The molecule has 1 aliphatic heterocycles. The summed E-state index contributed by atoms with van der Waals surface area (Å²) in [7, 11) is 3.15. The van der Waals surface area contributed by atoms with Crippen molar-refractivity contribution in [2.75, 3.05) is 25.4 Å². The van der Waals surface area contributed by atoms with Crippen molar-refractivity contribution in [1.29, 1.82) is 0 Å². The Bertz CT molecular complexity index is 1230. The minimum absolute atomic E-state index is 0.0613. The number of aromatic nitrogens is 3. The number of carbonyl (C=O) groups excluding carboxylic acids is 1. The smallest absolute Gasteiger partial charge is 0.325 e. The van der Waals surface area contributed by atoms with Crippen LogP contribution in [0, 0.1) is 0 Å². The third kappa shape index (κ3) is 3.62. The molecular formula is C23H25N4O4S+. The molecule has 4 rings (SSSR count). The number of benzene rings is 2. The molecule has 1 amide bonds. The molecule has 32 heavy (non-hydrogen) atoms. The van der Waals surface area contributed by atoms with Gasteiger partial charge in [-0.3, -0.25) is 14.6 Å². The van der Waals surface area contributed by atoms with Crippen molar-refractivity contribution >= 4 is 23.4 Å². The number of methoxy groups -OCH3 is 2. The number of fused-ring (bicyclic) bond motifs is 3. The number of amides is 1. The summed E-state index contributed by atoms with van der Waals surface area (Å²) in [5.41, 5.74) is 2.14. The van der Waals surface area contributed by atoms with E-state index in [0.717, 1.165) is 0 Å². The van der Waals surface area contributed by atoms with Crippen molar-refractivity contribution < 1.29 is 19.0 Å². The summed E-state index contributed by atoms with van der Waals surface area (Å²) in [6, 6.07) is 12.8. The van der Waals surface area contributed by atoms with Gasteiger partial charge in [0.25, 0.3) is 6.17 Å². The molecule has 0 spiro atoms. The van der Waals surface area contributed by atoms with Crippen LogP contribution in [0.1, 0.15) is 31.5 Å². The number of H-pyrrole nitrogens is 1. The minimum atomic E-state index is -0.701. The van der Waals surface area contributed by atoms with Gasteiger partial charge in [-0.1, -0.05) is 30.8 Å². The molecule has 2 aromatic carbocycles. The van der Waals surface area contributed by atoms with Crippen LogP contribution in [0.15, 0.2) is 52.4 Å². The molecule has 0 aliphatic carbocycles. The second kappa shape index (κ2) is 9.04. The van der Waals surface area contributed by atoms with Crippen LogP contribution in [0.3, 0.4) is 0 Å². The highest BCUT2D eigenvalue weighted by Gasteiger charge is 2.46. The maximum absolute atomic E-state index is 13.4. The number of hydrogen-bond donors (Lipinski definition) is 1. The molecule has 2 heterocycles. The Morgan fingerprint density at radius 2 is 2.00 bits per heavy atom. The van der Waals surface area contributed by atoms with Gasteiger partial charge in [-0.25, -0.2) is 4.90 Å². The first-order valence-electron chi connectivity index (χ1n) is 10.3. The van der Waals surface area contributed by atoms with E-state index in [1.54, 1.807) is 29.9 Å². The second-order valence-electron chi connectivity index (χ2n) is 7.27. The van der Waals surface area contributed by atoms with Crippen LogP contribution in [-0.2, 0) is 4.79 Å². The standard InChI is InChI=1S/C23H24N4O4S/c1-5-8-19(28)26-17-10-7-6-9-15(17)20-21(29)24-23(32-4)25-27(20)22(26)16-12-11-14(30-2)13-18(16)31-3/h6-7,9-13,22H,5,8H2,1-4H3/p+1/t22-/m0/s1. The topological polar surface area (TPSA) is 88.4 Å². The van der Waals surface area contributed by atoms with E-state index >= 15 is 0 Å². The number of thioether (sulfide) groups is 1. The Balaban J connectivity index is 2.08. The fraction of sp³-hybridized carbons (Fsp3) is 0.304. The maximum atomic E-state index is 13.4. The summed E-state index contributed by atoms with van der Waals surface area (Å²) in [5.74, 6) is 1.10. The first-order valence-corrected chi connectivity index (χ1v) is 11.5. The van der Waals surface area contributed by atoms with Crippen LogP contribution in [0.5, 0.6) is 11.5 Å².